The molecule has 0 unspecified atom stereocenters. The van der Waals surface area contributed by atoms with E-state index in [0.29, 0.717) is 31.2 Å². The molecule has 1 saturated heterocycles. The average molecular weight is 462 g/mol. The quantitative estimate of drug-likeness (QED) is 0.683. The van der Waals surface area contributed by atoms with Crippen molar-refractivity contribution in [2.75, 3.05) is 31.1 Å². The first-order valence-corrected chi connectivity index (χ1v) is 12.2. The average Bonchev–Trinajstić information content (AvgIpc) is 2.76. The maximum atomic E-state index is 13.1. The Kier molecular flexibility index (Phi) is 7.75. The molecule has 1 aliphatic rings. The van der Waals surface area contributed by atoms with Crippen LogP contribution in [0.1, 0.15) is 19.4 Å². The summed E-state index contributed by atoms with van der Waals surface area (Å²) in [6, 6.07) is 16.0. The van der Waals surface area contributed by atoms with Crippen LogP contribution in [-0.4, -0.2) is 51.4 Å². The second-order valence-corrected chi connectivity index (χ2v) is 9.92. The molecule has 0 aliphatic carbocycles. The third-order valence-electron chi connectivity index (χ3n) is 5.23. The number of hydrogen-bond acceptors (Lipinski definition) is 4. The largest absolute Gasteiger partial charge is 0.368 e. The van der Waals surface area contributed by atoms with Gasteiger partial charge in [-0.25, -0.2) is 8.42 Å². The number of nitrogens with zero attached hydrogens (tertiary/aromatic N) is 2. The Labute approximate surface area is 189 Å². The Morgan fingerprint density at radius 1 is 1.03 bits per heavy atom. The summed E-state index contributed by atoms with van der Waals surface area (Å²) in [5.41, 5.74) is 1.80. The van der Waals surface area contributed by atoms with E-state index in [2.05, 4.69) is 9.62 Å². The van der Waals surface area contributed by atoms with Crippen molar-refractivity contribution < 1.29 is 13.2 Å². The molecular formula is C23H28ClN3O3S. The molecule has 0 radical (unpaired) electrons. The van der Waals surface area contributed by atoms with Crippen LogP contribution in [0.2, 0.25) is 5.02 Å². The first kappa shape index (κ1) is 23.3. The SMILES string of the molecule is CC(C)[C@H](NS(=O)(=O)/C=C/c1ccccc1)C(=O)N1CCN(c2cccc(Cl)c2)CC1. The number of amides is 1. The van der Waals surface area contributed by atoms with Gasteiger partial charge in [0.1, 0.15) is 6.04 Å². The molecule has 31 heavy (non-hydrogen) atoms. The lowest BCUT2D eigenvalue weighted by atomic mass is 10.0. The fourth-order valence-electron chi connectivity index (χ4n) is 3.47. The van der Waals surface area contributed by atoms with E-state index >= 15 is 0 Å². The van der Waals surface area contributed by atoms with Crippen molar-refractivity contribution in [3.63, 3.8) is 0 Å². The van der Waals surface area contributed by atoms with Crippen LogP contribution in [0.25, 0.3) is 6.08 Å². The fourth-order valence-corrected chi connectivity index (χ4v) is 4.80. The number of benzene rings is 2. The Morgan fingerprint density at radius 2 is 1.71 bits per heavy atom. The van der Waals surface area contributed by atoms with Crippen LogP contribution in [0.15, 0.2) is 60.0 Å². The van der Waals surface area contributed by atoms with Gasteiger partial charge in [-0.3, -0.25) is 4.79 Å². The molecule has 2 aromatic carbocycles. The van der Waals surface area contributed by atoms with Crippen molar-refractivity contribution in [1.82, 2.24) is 9.62 Å². The lowest BCUT2D eigenvalue weighted by Gasteiger charge is -2.38. The van der Waals surface area contributed by atoms with Crippen molar-refractivity contribution >= 4 is 39.3 Å². The Bertz CT molecular complexity index is 1020. The zero-order valence-electron chi connectivity index (χ0n) is 17.7. The number of anilines is 1. The molecule has 0 saturated carbocycles. The van der Waals surface area contributed by atoms with E-state index in [-0.39, 0.29) is 11.8 Å². The van der Waals surface area contributed by atoms with E-state index in [1.54, 1.807) is 4.90 Å². The van der Waals surface area contributed by atoms with E-state index in [9.17, 15) is 13.2 Å². The van der Waals surface area contributed by atoms with Crippen LogP contribution >= 0.6 is 11.6 Å². The summed E-state index contributed by atoms with van der Waals surface area (Å²) in [5, 5.41) is 1.79. The second kappa shape index (κ2) is 10.3. The van der Waals surface area contributed by atoms with Gasteiger partial charge in [-0.1, -0.05) is 61.8 Å². The topological polar surface area (TPSA) is 69.7 Å². The number of carbonyl (C=O) groups is 1. The van der Waals surface area contributed by atoms with Gasteiger partial charge in [0, 0.05) is 42.3 Å². The maximum absolute atomic E-state index is 13.1. The highest BCUT2D eigenvalue weighted by atomic mass is 35.5. The number of sulfonamides is 1. The van der Waals surface area contributed by atoms with Gasteiger partial charge >= 0.3 is 0 Å². The summed E-state index contributed by atoms with van der Waals surface area (Å²) < 4.78 is 27.7. The number of halogens is 1. The van der Waals surface area contributed by atoms with Gasteiger partial charge in [-0.05, 0) is 35.8 Å². The van der Waals surface area contributed by atoms with Crippen LogP contribution in [0, 0.1) is 5.92 Å². The Morgan fingerprint density at radius 3 is 2.32 bits per heavy atom. The van der Waals surface area contributed by atoms with E-state index in [1.807, 2.05) is 68.4 Å². The fraction of sp³-hybridized carbons (Fsp3) is 0.348. The smallest absolute Gasteiger partial charge is 0.241 e. The highest BCUT2D eigenvalue weighted by Crippen LogP contribution is 2.21. The minimum Gasteiger partial charge on any atom is -0.368 e. The van der Waals surface area contributed by atoms with Gasteiger partial charge in [0.15, 0.2) is 0 Å². The molecule has 0 aromatic heterocycles. The molecule has 3 rings (SSSR count). The van der Waals surface area contributed by atoms with Crippen molar-refractivity contribution in [3.8, 4) is 0 Å². The predicted octanol–water partition coefficient (Wildman–Crippen LogP) is 3.60. The van der Waals surface area contributed by atoms with Gasteiger partial charge < -0.3 is 9.80 Å². The van der Waals surface area contributed by atoms with Gasteiger partial charge in [-0.15, -0.1) is 0 Å². The van der Waals surface area contributed by atoms with Crippen LogP contribution in [0.3, 0.4) is 0 Å². The molecule has 166 valence electrons. The molecule has 1 heterocycles. The summed E-state index contributed by atoms with van der Waals surface area (Å²) in [6.45, 7) is 6.06. The maximum Gasteiger partial charge on any atom is 0.241 e. The minimum atomic E-state index is -3.77. The van der Waals surface area contributed by atoms with E-state index in [1.165, 1.54) is 6.08 Å². The molecule has 1 atom stereocenters. The van der Waals surface area contributed by atoms with E-state index in [4.69, 9.17) is 11.6 Å². The molecular weight excluding hydrogens is 434 g/mol. The number of piperazine rings is 1. The van der Waals surface area contributed by atoms with Crippen molar-refractivity contribution in [2.45, 2.75) is 19.9 Å². The van der Waals surface area contributed by atoms with Crippen LogP contribution in [0.4, 0.5) is 5.69 Å². The molecule has 0 bridgehead atoms. The van der Waals surface area contributed by atoms with E-state index < -0.39 is 16.1 Å². The highest BCUT2D eigenvalue weighted by molar-refractivity contribution is 7.92. The Hall–Kier alpha value is -2.35. The number of hydrogen-bond donors (Lipinski definition) is 1. The van der Waals surface area contributed by atoms with Crippen LogP contribution < -0.4 is 9.62 Å². The second-order valence-electron chi connectivity index (χ2n) is 7.89. The standard InChI is InChI=1S/C23H28ClN3O3S/c1-18(2)22(25-31(29,30)16-11-19-7-4-3-5-8-19)23(28)27-14-12-26(13-15-27)21-10-6-9-20(24)17-21/h3-11,16-18,22,25H,12-15H2,1-2H3/b16-11+/t22-/m0/s1. The summed E-state index contributed by atoms with van der Waals surface area (Å²) in [4.78, 5) is 17.0. The molecule has 8 heteroatoms. The van der Waals surface area contributed by atoms with Gasteiger partial charge in [0.25, 0.3) is 0 Å². The Balaban J connectivity index is 1.63. The molecule has 0 spiro atoms. The molecule has 1 fully saturated rings. The van der Waals surface area contributed by atoms with Gasteiger partial charge in [0.2, 0.25) is 15.9 Å². The monoisotopic (exact) mass is 461 g/mol. The zero-order chi connectivity index (χ0) is 22.4. The minimum absolute atomic E-state index is 0.182. The summed E-state index contributed by atoms with van der Waals surface area (Å²) in [6.07, 6.45) is 1.52. The molecule has 1 amide bonds. The molecule has 1 N–H and O–H groups in total. The van der Waals surface area contributed by atoms with Gasteiger partial charge in [0.05, 0.1) is 0 Å². The van der Waals surface area contributed by atoms with E-state index in [0.717, 1.165) is 16.7 Å². The lowest BCUT2D eigenvalue weighted by molar-refractivity contribution is -0.134. The predicted molar refractivity (Wildman–Crippen MR) is 126 cm³/mol. The van der Waals surface area contributed by atoms with Crippen LogP contribution in [-0.2, 0) is 14.8 Å². The summed E-state index contributed by atoms with van der Waals surface area (Å²) >= 11 is 6.08. The third-order valence-corrected chi connectivity index (χ3v) is 6.54. The number of carbonyl (C=O) groups excluding carboxylic acids is 1. The molecule has 1 aliphatic heterocycles. The molecule has 6 nitrogen and oxygen atoms in total. The van der Waals surface area contributed by atoms with Crippen molar-refractivity contribution in [1.29, 1.82) is 0 Å². The van der Waals surface area contributed by atoms with Crippen molar-refractivity contribution in [3.05, 3.63) is 70.6 Å². The number of rotatable bonds is 7. The normalized spacial score (nSPS) is 16.1. The first-order valence-electron chi connectivity index (χ1n) is 10.3. The van der Waals surface area contributed by atoms with Crippen molar-refractivity contribution in [2.24, 2.45) is 5.92 Å². The lowest BCUT2D eigenvalue weighted by Crippen LogP contribution is -2.56. The number of nitrogens with one attached hydrogen (secondary N) is 1. The summed E-state index contributed by atoms with van der Waals surface area (Å²) in [7, 11) is -3.77. The summed E-state index contributed by atoms with van der Waals surface area (Å²) in [5.74, 6) is -0.379. The highest BCUT2D eigenvalue weighted by Gasteiger charge is 2.32. The molecule has 2 aromatic rings. The van der Waals surface area contributed by atoms with Gasteiger partial charge in [-0.2, -0.15) is 4.72 Å². The van der Waals surface area contributed by atoms with Crippen LogP contribution in [0.5, 0.6) is 0 Å². The third kappa shape index (κ3) is 6.56. The zero-order valence-corrected chi connectivity index (χ0v) is 19.3. The first-order chi connectivity index (χ1) is 14.7.